The first kappa shape index (κ1) is 10.4. The highest BCUT2D eigenvalue weighted by molar-refractivity contribution is 6.00. The molecule has 0 aliphatic carbocycles. The van der Waals surface area contributed by atoms with Gasteiger partial charge >= 0.3 is 0 Å². The van der Waals surface area contributed by atoms with E-state index >= 15 is 0 Å². The Morgan fingerprint density at radius 2 is 2.33 bits per heavy atom. The number of carbonyl (C=O) groups is 2. The van der Waals surface area contributed by atoms with E-state index in [0.29, 0.717) is 19.1 Å². The molecular weight excluding hydrogens is 200 g/mol. The molecule has 0 saturated carbocycles. The number of hydroxylamine groups is 2. The molecule has 0 bridgehead atoms. The molecule has 2 rings (SSSR count). The van der Waals surface area contributed by atoms with Crippen LogP contribution in [0.15, 0.2) is 0 Å². The van der Waals surface area contributed by atoms with Crippen LogP contribution in [0.1, 0.15) is 6.42 Å². The van der Waals surface area contributed by atoms with Gasteiger partial charge in [0.15, 0.2) is 0 Å². The van der Waals surface area contributed by atoms with E-state index in [1.54, 1.807) is 0 Å². The standard InChI is InChI=1S/C9H14N2O4/c10-8(12)7-5-15-11(9(7)13)3-6-1-2-14-4-6/h6-7H,1-5H2,(H2,10,12)/t6-,7?/m1/s1. The molecule has 0 spiro atoms. The van der Waals surface area contributed by atoms with Crippen LogP contribution in [-0.2, 0) is 19.2 Å². The number of ether oxygens (including phenoxy) is 1. The van der Waals surface area contributed by atoms with Crippen molar-refractivity contribution in [2.24, 2.45) is 17.6 Å². The van der Waals surface area contributed by atoms with Gasteiger partial charge in [0.2, 0.25) is 5.91 Å². The SMILES string of the molecule is NC(=O)C1CON(C[C@H]2CCOC2)C1=O. The van der Waals surface area contributed by atoms with Crippen molar-refractivity contribution in [3.05, 3.63) is 0 Å². The number of rotatable bonds is 3. The molecule has 2 aliphatic heterocycles. The Morgan fingerprint density at radius 3 is 2.87 bits per heavy atom. The van der Waals surface area contributed by atoms with Crippen molar-refractivity contribution in [2.75, 3.05) is 26.4 Å². The average Bonchev–Trinajstić information content (AvgIpc) is 2.78. The highest BCUT2D eigenvalue weighted by atomic mass is 16.7. The maximum atomic E-state index is 11.6. The summed E-state index contributed by atoms with van der Waals surface area (Å²) in [4.78, 5) is 27.6. The van der Waals surface area contributed by atoms with Gasteiger partial charge in [0.1, 0.15) is 5.92 Å². The second-order valence-corrected chi connectivity index (χ2v) is 3.88. The quantitative estimate of drug-likeness (QED) is 0.604. The van der Waals surface area contributed by atoms with Crippen LogP contribution >= 0.6 is 0 Å². The predicted octanol–water partition coefficient (Wildman–Crippen LogP) is -1.10. The summed E-state index contributed by atoms with van der Waals surface area (Å²) in [6.45, 7) is 1.94. The van der Waals surface area contributed by atoms with Gasteiger partial charge in [0, 0.05) is 12.5 Å². The summed E-state index contributed by atoms with van der Waals surface area (Å²) >= 11 is 0. The normalized spacial score (nSPS) is 31.2. The summed E-state index contributed by atoms with van der Waals surface area (Å²) in [5.74, 6) is -1.45. The van der Waals surface area contributed by atoms with E-state index < -0.39 is 11.8 Å². The molecule has 2 amide bonds. The number of primary amides is 1. The first-order valence-electron chi connectivity index (χ1n) is 5.00. The van der Waals surface area contributed by atoms with E-state index in [9.17, 15) is 9.59 Å². The van der Waals surface area contributed by atoms with Crippen LogP contribution in [0.25, 0.3) is 0 Å². The third-order valence-electron chi connectivity index (χ3n) is 2.73. The van der Waals surface area contributed by atoms with Crippen molar-refractivity contribution >= 4 is 11.8 Å². The minimum atomic E-state index is -0.813. The fourth-order valence-corrected chi connectivity index (χ4v) is 1.78. The molecule has 6 nitrogen and oxygen atoms in total. The van der Waals surface area contributed by atoms with Gasteiger partial charge in [-0.3, -0.25) is 14.4 Å². The lowest BCUT2D eigenvalue weighted by Crippen LogP contribution is -2.36. The van der Waals surface area contributed by atoms with E-state index in [-0.39, 0.29) is 12.5 Å². The van der Waals surface area contributed by atoms with Crippen molar-refractivity contribution in [3.8, 4) is 0 Å². The zero-order chi connectivity index (χ0) is 10.8. The number of carbonyl (C=O) groups excluding carboxylic acids is 2. The molecule has 2 saturated heterocycles. The molecule has 2 N–H and O–H groups in total. The van der Waals surface area contributed by atoms with Crippen molar-refractivity contribution < 1.29 is 19.2 Å². The van der Waals surface area contributed by atoms with Crippen LogP contribution in [0.4, 0.5) is 0 Å². The maximum Gasteiger partial charge on any atom is 0.261 e. The number of nitrogens with two attached hydrogens (primary N) is 1. The zero-order valence-electron chi connectivity index (χ0n) is 8.35. The highest BCUT2D eigenvalue weighted by Gasteiger charge is 2.38. The van der Waals surface area contributed by atoms with Crippen LogP contribution in [0.5, 0.6) is 0 Å². The lowest BCUT2D eigenvalue weighted by molar-refractivity contribution is -0.164. The van der Waals surface area contributed by atoms with Crippen molar-refractivity contribution in [1.82, 2.24) is 5.06 Å². The Kier molecular flexibility index (Phi) is 2.88. The second-order valence-electron chi connectivity index (χ2n) is 3.88. The van der Waals surface area contributed by atoms with E-state index in [1.807, 2.05) is 0 Å². The second kappa shape index (κ2) is 4.16. The minimum Gasteiger partial charge on any atom is -0.381 e. The smallest absolute Gasteiger partial charge is 0.261 e. The molecule has 6 heteroatoms. The van der Waals surface area contributed by atoms with Crippen molar-refractivity contribution in [3.63, 3.8) is 0 Å². The van der Waals surface area contributed by atoms with Crippen LogP contribution in [0, 0.1) is 11.8 Å². The third-order valence-corrected chi connectivity index (χ3v) is 2.73. The predicted molar refractivity (Wildman–Crippen MR) is 49.3 cm³/mol. The van der Waals surface area contributed by atoms with Crippen LogP contribution in [-0.4, -0.2) is 43.2 Å². The fourth-order valence-electron chi connectivity index (χ4n) is 1.78. The first-order valence-corrected chi connectivity index (χ1v) is 5.00. The van der Waals surface area contributed by atoms with E-state index in [2.05, 4.69) is 0 Å². The molecule has 0 radical (unpaired) electrons. The molecule has 0 aromatic carbocycles. The summed E-state index contributed by atoms with van der Waals surface area (Å²) in [6, 6.07) is 0. The maximum absolute atomic E-state index is 11.6. The Labute approximate surface area is 87.3 Å². The summed E-state index contributed by atoms with van der Waals surface area (Å²) in [5.41, 5.74) is 5.07. The van der Waals surface area contributed by atoms with Gasteiger partial charge in [-0.1, -0.05) is 0 Å². The summed E-state index contributed by atoms with van der Waals surface area (Å²) < 4.78 is 5.19. The van der Waals surface area contributed by atoms with Gasteiger partial charge in [0.25, 0.3) is 5.91 Å². The average molecular weight is 214 g/mol. The number of hydrogen-bond donors (Lipinski definition) is 1. The fraction of sp³-hybridized carbons (Fsp3) is 0.778. The van der Waals surface area contributed by atoms with Gasteiger partial charge in [-0.2, -0.15) is 0 Å². The van der Waals surface area contributed by atoms with Crippen LogP contribution in [0.3, 0.4) is 0 Å². The minimum absolute atomic E-state index is 0.0712. The first-order chi connectivity index (χ1) is 7.18. The van der Waals surface area contributed by atoms with Crippen LogP contribution < -0.4 is 5.73 Å². The molecule has 1 unspecified atom stereocenters. The number of amides is 2. The highest BCUT2D eigenvalue weighted by Crippen LogP contribution is 2.19. The van der Waals surface area contributed by atoms with Gasteiger partial charge in [-0.25, -0.2) is 5.06 Å². The summed E-state index contributed by atoms with van der Waals surface area (Å²) in [5, 5.41) is 1.24. The van der Waals surface area contributed by atoms with E-state index in [0.717, 1.165) is 13.0 Å². The van der Waals surface area contributed by atoms with Gasteiger partial charge in [0.05, 0.1) is 19.8 Å². The zero-order valence-corrected chi connectivity index (χ0v) is 8.35. The molecule has 84 valence electrons. The third kappa shape index (κ3) is 2.10. The van der Waals surface area contributed by atoms with E-state index in [4.69, 9.17) is 15.3 Å². The van der Waals surface area contributed by atoms with Gasteiger partial charge < -0.3 is 10.5 Å². The number of hydrogen-bond acceptors (Lipinski definition) is 4. The van der Waals surface area contributed by atoms with Crippen LogP contribution in [0.2, 0.25) is 0 Å². The van der Waals surface area contributed by atoms with Crippen molar-refractivity contribution in [2.45, 2.75) is 6.42 Å². The number of nitrogens with zero attached hydrogens (tertiary/aromatic N) is 1. The molecule has 2 atom stereocenters. The molecule has 0 aromatic heterocycles. The lowest BCUT2D eigenvalue weighted by atomic mass is 10.1. The van der Waals surface area contributed by atoms with Gasteiger partial charge in [-0.15, -0.1) is 0 Å². The molecule has 2 aliphatic rings. The Bertz CT molecular complexity index is 275. The summed E-state index contributed by atoms with van der Waals surface area (Å²) in [6.07, 6.45) is 0.925. The Balaban J connectivity index is 1.89. The monoisotopic (exact) mass is 214 g/mol. The lowest BCUT2D eigenvalue weighted by Gasteiger charge is -2.17. The molecule has 2 heterocycles. The molecule has 2 fully saturated rings. The Hall–Kier alpha value is -1.14. The topological polar surface area (TPSA) is 81.9 Å². The van der Waals surface area contributed by atoms with E-state index in [1.165, 1.54) is 5.06 Å². The largest absolute Gasteiger partial charge is 0.381 e. The molecular formula is C9H14N2O4. The molecule has 15 heavy (non-hydrogen) atoms. The summed E-state index contributed by atoms with van der Waals surface area (Å²) in [7, 11) is 0. The van der Waals surface area contributed by atoms with Gasteiger partial charge in [-0.05, 0) is 6.42 Å². The Morgan fingerprint density at radius 1 is 1.53 bits per heavy atom. The van der Waals surface area contributed by atoms with Crippen molar-refractivity contribution in [1.29, 1.82) is 0 Å². The molecule has 0 aromatic rings.